The average Bonchev–Trinajstić information content (AvgIpc) is 2.44. The van der Waals surface area contributed by atoms with E-state index in [9.17, 15) is 13.6 Å². The number of rotatable bonds is 2. The van der Waals surface area contributed by atoms with Crippen LogP contribution in [0.5, 0.6) is 0 Å². The molecule has 0 radical (unpaired) electrons. The molecule has 0 heterocycles. The summed E-state index contributed by atoms with van der Waals surface area (Å²) >= 11 is 8.33. The number of nitrogens with one attached hydrogen (secondary N) is 2. The number of halogens is 3. The Morgan fingerprint density at radius 3 is 2.48 bits per heavy atom. The molecule has 0 atom stereocenters. The van der Waals surface area contributed by atoms with Crippen molar-refractivity contribution in [1.29, 1.82) is 0 Å². The Labute approximate surface area is 133 Å². The smallest absolute Gasteiger partial charge is 0.257 e. The SMILES string of the molecule is O=C(NC(=S)Nc1ccccc1Br)c1ccc(F)c(F)c1. The van der Waals surface area contributed by atoms with Gasteiger partial charge in [-0.15, -0.1) is 0 Å². The molecule has 3 nitrogen and oxygen atoms in total. The summed E-state index contributed by atoms with van der Waals surface area (Å²) in [5.41, 5.74) is 0.651. The summed E-state index contributed by atoms with van der Waals surface area (Å²) in [5, 5.41) is 5.26. The van der Waals surface area contributed by atoms with Crippen LogP contribution in [0.4, 0.5) is 14.5 Å². The second-order valence-electron chi connectivity index (χ2n) is 4.02. The van der Waals surface area contributed by atoms with Gasteiger partial charge in [-0.2, -0.15) is 0 Å². The van der Waals surface area contributed by atoms with Gasteiger partial charge >= 0.3 is 0 Å². The molecule has 0 aromatic heterocycles. The molecule has 21 heavy (non-hydrogen) atoms. The number of carbonyl (C=O) groups is 1. The van der Waals surface area contributed by atoms with E-state index in [1.807, 2.05) is 12.1 Å². The average molecular weight is 371 g/mol. The number of hydrogen-bond acceptors (Lipinski definition) is 2. The van der Waals surface area contributed by atoms with Gasteiger partial charge in [0.25, 0.3) is 5.91 Å². The van der Waals surface area contributed by atoms with Crippen LogP contribution < -0.4 is 10.6 Å². The van der Waals surface area contributed by atoms with E-state index in [0.29, 0.717) is 5.69 Å². The molecule has 2 aromatic rings. The minimum absolute atomic E-state index is 0.0230. The highest BCUT2D eigenvalue weighted by atomic mass is 79.9. The number of benzene rings is 2. The first-order valence-electron chi connectivity index (χ1n) is 5.79. The molecule has 0 aliphatic carbocycles. The Kier molecular flexibility index (Phi) is 4.98. The Bertz CT molecular complexity index is 709. The summed E-state index contributed by atoms with van der Waals surface area (Å²) in [7, 11) is 0. The first kappa shape index (κ1) is 15.5. The maximum atomic E-state index is 13.1. The van der Waals surface area contributed by atoms with Gasteiger partial charge in [0.05, 0.1) is 5.69 Å². The van der Waals surface area contributed by atoms with Crippen molar-refractivity contribution >= 4 is 44.9 Å². The predicted molar refractivity (Wildman–Crippen MR) is 84.2 cm³/mol. The third kappa shape index (κ3) is 4.05. The third-order valence-electron chi connectivity index (χ3n) is 2.53. The van der Waals surface area contributed by atoms with Crippen molar-refractivity contribution in [1.82, 2.24) is 5.32 Å². The van der Waals surface area contributed by atoms with Gasteiger partial charge in [0.2, 0.25) is 0 Å². The van der Waals surface area contributed by atoms with Gasteiger partial charge in [-0.3, -0.25) is 10.1 Å². The van der Waals surface area contributed by atoms with Crippen LogP contribution in [0.3, 0.4) is 0 Å². The molecule has 0 aliphatic heterocycles. The zero-order valence-electron chi connectivity index (χ0n) is 10.5. The molecule has 0 spiro atoms. The second-order valence-corrected chi connectivity index (χ2v) is 5.28. The Morgan fingerprint density at radius 1 is 1.10 bits per heavy atom. The monoisotopic (exact) mass is 370 g/mol. The molecule has 0 bridgehead atoms. The normalized spacial score (nSPS) is 10.0. The van der Waals surface area contributed by atoms with Crippen molar-refractivity contribution in [2.75, 3.05) is 5.32 Å². The van der Waals surface area contributed by atoms with Crippen LogP contribution in [0.15, 0.2) is 46.9 Å². The number of amides is 1. The van der Waals surface area contributed by atoms with Gasteiger partial charge < -0.3 is 5.32 Å². The first-order valence-corrected chi connectivity index (χ1v) is 6.99. The molecule has 108 valence electrons. The quantitative estimate of drug-likeness (QED) is 0.788. The molecule has 0 unspecified atom stereocenters. The van der Waals surface area contributed by atoms with Crippen molar-refractivity contribution in [3.63, 3.8) is 0 Å². The minimum atomic E-state index is -1.09. The lowest BCUT2D eigenvalue weighted by atomic mass is 10.2. The molecular weight excluding hydrogens is 362 g/mol. The number of carbonyl (C=O) groups excluding carboxylic acids is 1. The standard InChI is InChI=1S/C14H9BrF2N2OS/c15-9-3-1-2-4-12(9)18-14(21)19-13(20)8-5-6-10(16)11(17)7-8/h1-7H,(H2,18,19,20,21). The summed E-state index contributed by atoms with van der Waals surface area (Å²) in [6, 6.07) is 10.1. The largest absolute Gasteiger partial charge is 0.331 e. The topological polar surface area (TPSA) is 41.1 Å². The zero-order valence-corrected chi connectivity index (χ0v) is 12.9. The van der Waals surface area contributed by atoms with Crippen LogP contribution in [0.25, 0.3) is 0 Å². The molecule has 7 heteroatoms. The van der Waals surface area contributed by atoms with Crippen molar-refractivity contribution < 1.29 is 13.6 Å². The van der Waals surface area contributed by atoms with E-state index in [-0.39, 0.29) is 10.7 Å². The molecule has 0 saturated heterocycles. The molecule has 1 amide bonds. The highest BCUT2D eigenvalue weighted by molar-refractivity contribution is 9.10. The molecule has 2 aromatic carbocycles. The molecule has 0 aliphatic rings. The lowest BCUT2D eigenvalue weighted by molar-refractivity contribution is 0.0977. The van der Waals surface area contributed by atoms with E-state index in [0.717, 1.165) is 16.6 Å². The van der Waals surface area contributed by atoms with Crippen LogP contribution >= 0.6 is 28.1 Å². The lowest BCUT2D eigenvalue weighted by Crippen LogP contribution is -2.34. The molecule has 2 rings (SSSR count). The Hall–Kier alpha value is -1.86. The Morgan fingerprint density at radius 2 is 1.81 bits per heavy atom. The third-order valence-corrected chi connectivity index (χ3v) is 3.43. The van der Waals surface area contributed by atoms with Gasteiger partial charge in [-0.25, -0.2) is 8.78 Å². The molecule has 0 saturated carbocycles. The van der Waals surface area contributed by atoms with Crippen LogP contribution in [-0.4, -0.2) is 11.0 Å². The zero-order chi connectivity index (χ0) is 15.4. The molecule has 2 N–H and O–H groups in total. The van der Waals surface area contributed by atoms with Crippen molar-refractivity contribution in [2.24, 2.45) is 0 Å². The van der Waals surface area contributed by atoms with Crippen LogP contribution in [0.1, 0.15) is 10.4 Å². The second kappa shape index (κ2) is 6.73. The van der Waals surface area contributed by atoms with E-state index in [1.54, 1.807) is 12.1 Å². The van der Waals surface area contributed by atoms with Crippen molar-refractivity contribution in [3.8, 4) is 0 Å². The highest BCUT2D eigenvalue weighted by Gasteiger charge is 2.11. The summed E-state index contributed by atoms with van der Waals surface area (Å²) < 4.78 is 26.6. The summed E-state index contributed by atoms with van der Waals surface area (Å²) in [6.45, 7) is 0. The van der Waals surface area contributed by atoms with Gasteiger partial charge in [-0.1, -0.05) is 12.1 Å². The number of thiocarbonyl (C=S) groups is 1. The highest BCUT2D eigenvalue weighted by Crippen LogP contribution is 2.21. The van der Waals surface area contributed by atoms with E-state index in [2.05, 4.69) is 26.6 Å². The minimum Gasteiger partial charge on any atom is -0.331 e. The summed E-state index contributed by atoms with van der Waals surface area (Å²) in [5.74, 6) is -2.73. The van der Waals surface area contributed by atoms with Crippen LogP contribution in [0, 0.1) is 11.6 Å². The van der Waals surface area contributed by atoms with Crippen LogP contribution in [-0.2, 0) is 0 Å². The maximum absolute atomic E-state index is 13.1. The number of hydrogen-bond donors (Lipinski definition) is 2. The summed E-state index contributed by atoms with van der Waals surface area (Å²) in [4.78, 5) is 11.9. The first-order chi connectivity index (χ1) is 9.97. The van der Waals surface area contributed by atoms with E-state index >= 15 is 0 Å². The number of anilines is 1. The van der Waals surface area contributed by atoms with E-state index in [1.165, 1.54) is 6.07 Å². The van der Waals surface area contributed by atoms with Crippen molar-refractivity contribution in [2.45, 2.75) is 0 Å². The molecular formula is C14H9BrF2N2OS. The van der Waals surface area contributed by atoms with E-state index in [4.69, 9.17) is 12.2 Å². The van der Waals surface area contributed by atoms with E-state index < -0.39 is 17.5 Å². The van der Waals surface area contributed by atoms with Gasteiger partial charge in [0.15, 0.2) is 16.7 Å². The van der Waals surface area contributed by atoms with Gasteiger partial charge in [0, 0.05) is 10.0 Å². The summed E-state index contributed by atoms with van der Waals surface area (Å²) in [6.07, 6.45) is 0. The fraction of sp³-hybridized carbons (Fsp3) is 0. The van der Waals surface area contributed by atoms with Gasteiger partial charge in [-0.05, 0) is 58.5 Å². The lowest BCUT2D eigenvalue weighted by Gasteiger charge is -2.11. The predicted octanol–water partition coefficient (Wildman–Crippen LogP) is 3.85. The van der Waals surface area contributed by atoms with Crippen molar-refractivity contribution in [3.05, 3.63) is 64.1 Å². The van der Waals surface area contributed by atoms with Crippen LogP contribution in [0.2, 0.25) is 0 Å². The molecule has 0 fully saturated rings. The van der Waals surface area contributed by atoms with Gasteiger partial charge in [0.1, 0.15) is 0 Å². The number of para-hydroxylation sites is 1. The maximum Gasteiger partial charge on any atom is 0.257 e. The fourth-order valence-electron chi connectivity index (χ4n) is 1.53. The fourth-order valence-corrected chi connectivity index (χ4v) is 2.12. The Balaban J connectivity index is 2.04.